The Kier molecular flexibility index (Phi) is 7.37. The lowest BCUT2D eigenvalue weighted by atomic mass is 10.0. The maximum Gasteiger partial charge on any atom is 0.243 e. The minimum absolute atomic E-state index is 0.0380. The molecule has 0 saturated carbocycles. The van der Waals surface area contributed by atoms with Crippen LogP contribution in [-0.2, 0) is 14.4 Å². The fourth-order valence-electron chi connectivity index (χ4n) is 2.55. The minimum Gasteiger partial charge on any atom is -0.349 e. The molecule has 6 nitrogen and oxygen atoms in total. The zero-order chi connectivity index (χ0) is 19.8. The monoisotopic (exact) mass is 387 g/mol. The van der Waals surface area contributed by atoms with E-state index in [2.05, 4.69) is 10.6 Å². The van der Waals surface area contributed by atoms with E-state index in [1.807, 2.05) is 18.2 Å². The predicted octanol–water partition coefficient (Wildman–Crippen LogP) is 3.00. The number of nitrogens with zero attached hydrogens (tertiary/aromatic N) is 1. The van der Waals surface area contributed by atoms with E-state index >= 15 is 0 Å². The van der Waals surface area contributed by atoms with Crippen LogP contribution < -0.4 is 10.6 Å². The average Bonchev–Trinajstić information content (AvgIpc) is 2.62. The molecule has 0 aromatic heterocycles. The van der Waals surface area contributed by atoms with Crippen molar-refractivity contribution < 1.29 is 14.4 Å². The van der Waals surface area contributed by atoms with Gasteiger partial charge in [0.05, 0.1) is 19.0 Å². The number of anilines is 1. The molecule has 0 aliphatic rings. The number of amides is 3. The summed E-state index contributed by atoms with van der Waals surface area (Å²) in [5, 5.41) is 6.07. The molecule has 0 spiro atoms. The molecule has 0 fully saturated rings. The van der Waals surface area contributed by atoms with Crippen LogP contribution in [0.2, 0.25) is 5.02 Å². The largest absolute Gasteiger partial charge is 0.349 e. The van der Waals surface area contributed by atoms with Gasteiger partial charge in [0.2, 0.25) is 17.7 Å². The van der Waals surface area contributed by atoms with Gasteiger partial charge in [0, 0.05) is 24.7 Å². The van der Waals surface area contributed by atoms with Gasteiger partial charge in [0.25, 0.3) is 0 Å². The molecule has 0 heterocycles. The summed E-state index contributed by atoms with van der Waals surface area (Å²) in [5.74, 6) is -0.793. The van der Waals surface area contributed by atoms with E-state index < -0.39 is 6.04 Å². The summed E-state index contributed by atoms with van der Waals surface area (Å²) in [6.07, 6.45) is 0.0380. The lowest BCUT2D eigenvalue weighted by Crippen LogP contribution is -2.37. The van der Waals surface area contributed by atoms with Crippen LogP contribution in [0.15, 0.2) is 54.6 Å². The molecule has 0 aliphatic heterocycles. The summed E-state index contributed by atoms with van der Waals surface area (Å²) in [7, 11) is 1.56. The molecule has 3 amide bonds. The van der Waals surface area contributed by atoms with Crippen LogP contribution in [0.1, 0.15) is 24.9 Å². The molecule has 1 atom stereocenters. The van der Waals surface area contributed by atoms with Crippen molar-refractivity contribution in [2.24, 2.45) is 0 Å². The molecule has 27 heavy (non-hydrogen) atoms. The van der Waals surface area contributed by atoms with E-state index in [0.717, 1.165) is 5.56 Å². The van der Waals surface area contributed by atoms with Gasteiger partial charge >= 0.3 is 0 Å². The fourth-order valence-corrected chi connectivity index (χ4v) is 2.67. The molecular weight excluding hydrogens is 366 g/mol. The zero-order valence-electron chi connectivity index (χ0n) is 15.2. The Morgan fingerprint density at radius 2 is 1.67 bits per heavy atom. The molecule has 1 unspecified atom stereocenters. The number of carbonyl (C=O) groups excluding carboxylic acids is 3. The number of benzene rings is 2. The molecule has 0 aliphatic carbocycles. The fraction of sp³-hybridized carbons (Fsp3) is 0.250. The number of hydrogen-bond acceptors (Lipinski definition) is 3. The molecule has 2 aromatic rings. The third-order valence-electron chi connectivity index (χ3n) is 3.89. The Hall–Kier alpha value is -2.86. The van der Waals surface area contributed by atoms with Crippen LogP contribution in [0.4, 0.5) is 5.69 Å². The summed E-state index contributed by atoms with van der Waals surface area (Å²) >= 11 is 5.90. The van der Waals surface area contributed by atoms with E-state index in [9.17, 15) is 14.4 Å². The second-order valence-electron chi connectivity index (χ2n) is 6.17. The van der Waals surface area contributed by atoms with Crippen LogP contribution in [0.25, 0.3) is 0 Å². The van der Waals surface area contributed by atoms with Crippen molar-refractivity contribution in [1.29, 1.82) is 0 Å². The first kappa shape index (κ1) is 20.5. The third kappa shape index (κ3) is 6.75. The predicted molar refractivity (Wildman–Crippen MR) is 105 cm³/mol. The normalized spacial score (nSPS) is 11.4. The quantitative estimate of drug-likeness (QED) is 0.766. The Morgan fingerprint density at radius 3 is 2.26 bits per heavy atom. The van der Waals surface area contributed by atoms with Gasteiger partial charge in [0.1, 0.15) is 0 Å². The van der Waals surface area contributed by atoms with Crippen LogP contribution in [0.5, 0.6) is 0 Å². The Morgan fingerprint density at radius 1 is 1.04 bits per heavy atom. The molecule has 2 N–H and O–H groups in total. The van der Waals surface area contributed by atoms with Gasteiger partial charge in [-0.2, -0.15) is 0 Å². The Bertz CT molecular complexity index is 794. The second-order valence-corrected chi connectivity index (χ2v) is 6.61. The highest BCUT2D eigenvalue weighted by Gasteiger charge is 2.21. The molecule has 0 bridgehead atoms. The highest BCUT2D eigenvalue weighted by molar-refractivity contribution is 6.30. The summed E-state index contributed by atoms with van der Waals surface area (Å²) in [4.78, 5) is 37.5. The molecule has 2 rings (SSSR count). The summed E-state index contributed by atoms with van der Waals surface area (Å²) in [6.45, 7) is 1.31. The number of rotatable bonds is 7. The Balaban J connectivity index is 1.97. The van der Waals surface area contributed by atoms with E-state index in [4.69, 9.17) is 11.6 Å². The van der Waals surface area contributed by atoms with Gasteiger partial charge in [-0.05, 0) is 29.8 Å². The summed E-state index contributed by atoms with van der Waals surface area (Å²) in [5.41, 5.74) is 1.44. The lowest BCUT2D eigenvalue weighted by molar-refractivity contribution is -0.134. The van der Waals surface area contributed by atoms with Crippen molar-refractivity contribution in [2.75, 3.05) is 18.9 Å². The maximum absolute atomic E-state index is 12.5. The van der Waals surface area contributed by atoms with Crippen molar-refractivity contribution in [1.82, 2.24) is 10.2 Å². The van der Waals surface area contributed by atoms with Gasteiger partial charge in [-0.3, -0.25) is 14.4 Å². The number of hydrogen-bond donors (Lipinski definition) is 2. The van der Waals surface area contributed by atoms with Crippen molar-refractivity contribution >= 4 is 35.0 Å². The van der Waals surface area contributed by atoms with Gasteiger partial charge in [-0.15, -0.1) is 0 Å². The van der Waals surface area contributed by atoms with Gasteiger partial charge in [-0.25, -0.2) is 0 Å². The standard InChI is InChI=1S/C20H22ClN3O3/c1-14(25)22-18(15-8-10-16(21)11-9-15)12-20(27)24(2)13-19(26)23-17-6-4-3-5-7-17/h3-11,18H,12-13H2,1-2H3,(H,22,25)(H,23,26). The summed E-state index contributed by atoms with van der Waals surface area (Å²) < 4.78 is 0. The minimum atomic E-state index is -0.494. The van der Waals surface area contributed by atoms with Gasteiger partial charge in [-0.1, -0.05) is 41.9 Å². The first-order valence-corrected chi connectivity index (χ1v) is 8.84. The SMILES string of the molecule is CC(=O)NC(CC(=O)N(C)CC(=O)Nc1ccccc1)c1ccc(Cl)cc1. The molecule has 7 heteroatoms. The molecule has 142 valence electrons. The van der Waals surface area contributed by atoms with Crippen LogP contribution in [-0.4, -0.2) is 36.2 Å². The number of carbonyl (C=O) groups is 3. The van der Waals surface area contributed by atoms with Crippen molar-refractivity contribution in [3.05, 3.63) is 65.2 Å². The van der Waals surface area contributed by atoms with Gasteiger partial charge < -0.3 is 15.5 Å². The van der Waals surface area contributed by atoms with Crippen molar-refractivity contribution in [3.63, 3.8) is 0 Å². The first-order chi connectivity index (χ1) is 12.8. The summed E-state index contributed by atoms with van der Waals surface area (Å²) in [6, 6.07) is 15.5. The van der Waals surface area contributed by atoms with Crippen LogP contribution in [0, 0.1) is 0 Å². The molecule has 0 saturated heterocycles. The van der Waals surface area contributed by atoms with E-state index in [1.54, 1.807) is 43.4 Å². The smallest absolute Gasteiger partial charge is 0.243 e. The van der Waals surface area contributed by atoms with Crippen molar-refractivity contribution in [2.45, 2.75) is 19.4 Å². The Labute approximate surface area is 163 Å². The zero-order valence-corrected chi connectivity index (χ0v) is 16.0. The number of halogens is 1. The van der Waals surface area contributed by atoms with Crippen LogP contribution in [0.3, 0.4) is 0 Å². The topological polar surface area (TPSA) is 78.5 Å². The first-order valence-electron chi connectivity index (χ1n) is 8.46. The molecule has 0 radical (unpaired) electrons. The maximum atomic E-state index is 12.5. The highest BCUT2D eigenvalue weighted by Crippen LogP contribution is 2.20. The van der Waals surface area contributed by atoms with E-state index in [1.165, 1.54) is 11.8 Å². The van der Waals surface area contributed by atoms with Gasteiger partial charge in [0.15, 0.2) is 0 Å². The molecule has 2 aromatic carbocycles. The molecular formula is C20H22ClN3O3. The van der Waals surface area contributed by atoms with E-state index in [-0.39, 0.29) is 30.7 Å². The highest BCUT2D eigenvalue weighted by atomic mass is 35.5. The number of likely N-dealkylation sites (N-methyl/N-ethyl adjacent to an activating group) is 1. The lowest BCUT2D eigenvalue weighted by Gasteiger charge is -2.22. The number of para-hydroxylation sites is 1. The average molecular weight is 388 g/mol. The third-order valence-corrected chi connectivity index (χ3v) is 4.14. The second kappa shape index (κ2) is 9.73. The van der Waals surface area contributed by atoms with Crippen LogP contribution >= 0.6 is 11.6 Å². The number of nitrogens with one attached hydrogen (secondary N) is 2. The van der Waals surface area contributed by atoms with Crippen molar-refractivity contribution in [3.8, 4) is 0 Å². The van der Waals surface area contributed by atoms with E-state index in [0.29, 0.717) is 10.7 Å².